The lowest BCUT2D eigenvalue weighted by Crippen LogP contribution is -2.12. The molecule has 3 rings (SSSR count). The van der Waals surface area contributed by atoms with Gasteiger partial charge in [-0.3, -0.25) is 10.1 Å². The lowest BCUT2D eigenvalue weighted by molar-refractivity contribution is 0.102. The highest BCUT2D eigenvalue weighted by atomic mass is 79.9. The molecule has 0 atom stereocenters. The first-order valence-corrected chi connectivity index (χ1v) is 7.87. The summed E-state index contributed by atoms with van der Waals surface area (Å²) in [5.41, 5.74) is 1.27. The van der Waals surface area contributed by atoms with Gasteiger partial charge in [0, 0.05) is 14.5 Å². The Morgan fingerprint density at radius 2 is 1.73 bits per heavy atom. The zero-order chi connectivity index (χ0) is 15.5. The van der Waals surface area contributed by atoms with E-state index < -0.39 is 0 Å². The third-order valence-electron chi connectivity index (χ3n) is 2.86. The molecule has 1 heterocycles. The van der Waals surface area contributed by atoms with Gasteiger partial charge in [-0.15, -0.1) is 5.10 Å². The lowest BCUT2D eigenvalue weighted by atomic mass is 10.2. The minimum Gasteiger partial charge on any atom is -0.403 e. The molecule has 110 valence electrons. The number of halogens is 2. The van der Waals surface area contributed by atoms with E-state index in [0.717, 1.165) is 10.0 Å². The lowest BCUT2D eigenvalue weighted by Gasteiger charge is -2.02. The Labute approximate surface area is 143 Å². The van der Waals surface area contributed by atoms with E-state index in [4.69, 9.17) is 4.42 Å². The van der Waals surface area contributed by atoms with Crippen LogP contribution in [-0.2, 0) is 0 Å². The molecule has 0 spiro atoms. The van der Waals surface area contributed by atoms with E-state index in [1.807, 2.05) is 30.3 Å². The van der Waals surface area contributed by atoms with Gasteiger partial charge in [-0.25, -0.2) is 0 Å². The van der Waals surface area contributed by atoms with Crippen molar-refractivity contribution in [1.29, 1.82) is 0 Å². The average Bonchev–Trinajstić information content (AvgIpc) is 2.97. The fourth-order valence-corrected chi connectivity index (χ4v) is 2.52. The number of rotatable bonds is 3. The van der Waals surface area contributed by atoms with Crippen LogP contribution >= 0.6 is 31.9 Å². The SMILES string of the molecule is O=C(Nc1nnc(-c2ccc(Br)cc2)o1)c1ccccc1Br. The largest absolute Gasteiger partial charge is 0.403 e. The highest BCUT2D eigenvalue weighted by molar-refractivity contribution is 9.10. The normalized spacial score (nSPS) is 10.5. The Morgan fingerprint density at radius 1 is 1.00 bits per heavy atom. The van der Waals surface area contributed by atoms with Gasteiger partial charge in [0.15, 0.2) is 0 Å². The summed E-state index contributed by atoms with van der Waals surface area (Å²) in [5.74, 6) is 0.0217. The van der Waals surface area contributed by atoms with Crippen LogP contribution in [0, 0.1) is 0 Å². The summed E-state index contributed by atoms with van der Waals surface area (Å²) >= 11 is 6.69. The zero-order valence-electron chi connectivity index (χ0n) is 11.1. The molecule has 0 aliphatic heterocycles. The number of anilines is 1. The number of carbonyl (C=O) groups excluding carboxylic acids is 1. The zero-order valence-corrected chi connectivity index (χ0v) is 14.3. The van der Waals surface area contributed by atoms with Gasteiger partial charge in [0.2, 0.25) is 5.89 Å². The Balaban J connectivity index is 1.78. The molecule has 3 aromatic rings. The van der Waals surface area contributed by atoms with E-state index in [1.54, 1.807) is 18.2 Å². The number of aromatic nitrogens is 2. The van der Waals surface area contributed by atoms with E-state index in [1.165, 1.54) is 0 Å². The number of hydrogen-bond acceptors (Lipinski definition) is 4. The summed E-state index contributed by atoms with van der Waals surface area (Å²) in [7, 11) is 0. The molecule has 0 radical (unpaired) electrons. The van der Waals surface area contributed by atoms with Crippen LogP contribution in [0.3, 0.4) is 0 Å². The van der Waals surface area contributed by atoms with E-state index in [0.29, 0.717) is 15.9 Å². The van der Waals surface area contributed by atoms with Crippen molar-refractivity contribution in [3.63, 3.8) is 0 Å². The molecule has 0 unspecified atom stereocenters. The van der Waals surface area contributed by atoms with Gasteiger partial charge < -0.3 is 4.42 Å². The molecule has 1 N–H and O–H groups in total. The molecule has 2 aromatic carbocycles. The maximum atomic E-state index is 12.2. The maximum absolute atomic E-state index is 12.2. The van der Waals surface area contributed by atoms with Gasteiger partial charge in [-0.05, 0) is 52.3 Å². The van der Waals surface area contributed by atoms with Crippen LogP contribution in [0.5, 0.6) is 0 Å². The molecule has 0 aliphatic carbocycles. The average molecular weight is 423 g/mol. The van der Waals surface area contributed by atoms with E-state index in [2.05, 4.69) is 47.4 Å². The van der Waals surface area contributed by atoms with E-state index >= 15 is 0 Å². The highest BCUT2D eigenvalue weighted by Gasteiger charge is 2.14. The molecule has 0 saturated heterocycles. The van der Waals surface area contributed by atoms with Crippen LogP contribution in [0.1, 0.15) is 10.4 Å². The van der Waals surface area contributed by atoms with Gasteiger partial charge in [-0.1, -0.05) is 33.2 Å². The topological polar surface area (TPSA) is 68.0 Å². The number of carbonyl (C=O) groups is 1. The van der Waals surface area contributed by atoms with Crippen LogP contribution in [0.15, 0.2) is 61.9 Å². The maximum Gasteiger partial charge on any atom is 0.322 e. The fourth-order valence-electron chi connectivity index (χ4n) is 1.79. The van der Waals surface area contributed by atoms with Crippen LogP contribution in [0.4, 0.5) is 6.01 Å². The van der Waals surface area contributed by atoms with Crippen LogP contribution in [0.2, 0.25) is 0 Å². The Morgan fingerprint density at radius 3 is 2.45 bits per heavy atom. The number of hydrogen-bond donors (Lipinski definition) is 1. The van der Waals surface area contributed by atoms with Gasteiger partial charge in [0.05, 0.1) is 5.56 Å². The Hall–Kier alpha value is -1.99. The third kappa shape index (κ3) is 3.26. The predicted octanol–water partition coefficient (Wildman–Crippen LogP) is 4.51. The van der Waals surface area contributed by atoms with Crippen molar-refractivity contribution in [2.24, 2.45) is 0 Å². The van der Waals surface area contributed by atoms with E-state index in [-0.39, 0.29) is 11.9 Å². The van der Waals surface area contributed by atoms with Crippen molar-refractivity contribution >= 4 is 43.8 Å². The molecule has 0 aliphatic rings. The molecular weight excluding hydrogens is 414 g/mol. The van der Waals surface area contributed by atoms with Crippen molar-refractivity contribution in [1.82, 2.24) is 10.2 Å². The van der Waals surface area contributed by atoms with Gasteiger partial charge in [-0.2, -0.15) is 0 Å². The predicted molar refractivity (Wildman–Crippen MR) is 89.5 cm³/mol. The Kier molecular flexibility index (Phi) is 4.35. The van der Waals surface area contributed by atoms with Crippen molar-refractivity contribution in [2.75, 3.05) is 5.32 Å². The summed E-state index contributed by atoms with van der Waals surface area (Å²) in [6.45, 7) is 0. The standard InChI is InChI=1S/C15H9Br2N3O2/c16-10-7-5-9(6-8-10)14-19-20-15(22-14)18-13(21)11-3-1-2-4-12(11)17/h1-8H,(H,18,20,21). The summed E-state index contributed by atoms with van der Waals surface area (Å²) in [6.07, 6.45) is 0. The first-order valence-electron chi connectivity index (χ1n) is 6.29. The molecule has 0 fully saturated rings. The van der Waals surface area contributed by atoms with Crippen molar-refractivity contribution in [2.45, 2.75) is 0 Å². The quantitative estimate of drug-likeness (QED) is 0.673. The highest BCUT2D eigenvalue weighted by Crippen LogP contribution is 2.23. The van der Waals surface area contributed by atoms with Gasteiger partial charge >= 0.3 is 6.01 Å². The van der Waals surface area contributed by atoms with Crippen LogP contribution in [0.25, 0.3) is 11.5 Å². The number of amides is 1. The van der Waals surface area contributed by atoms with Crippen LogP contribution < -0.4 is 5.32 Å². The summed E-state index contributed by atoms with van der Waals surface area (Å²) < 4.78 is 7.11. The van der Waals surface area contributed by atoms with Crippen molar-refractivity contribution < 1.29 is 9.21 Å². The molecule has 0 bridgehead atoms. The second-order valence-electron chi connectivity index (χ2n) is 4.35. The summed E-state index contributed by atoms with van der Waals surface area (Å²) in [4.78, 5) is 12.2. The molecular formula is C15H9Br2N3O2. The second-order valence-corrected chi connectivity index (χ2v) is 6.12. The number of nitrogens with one attached hydrogen (secondary N) is 1. The van der Waals surface area contributed by atoms with Crippen LogP contribution in [-0.4, -0.2) is 16.1 Å². The van der Waals surface area contributed by atoms with E-state index in [9.17, 15) is 4.79 Å². The third-order valence-corrected chi connectivity index (χ3v) is 4.08. The molecule has 5 nitrogen and oxygen atoms in total. The molecule has 7 heteroatoms. The monoisotopic (exact) mass is 421 g/mol. The minimum absolute atomic E-state index is 0.0543. The molecule has 22 heavy (non-hydrogen) atoms. The van der Waals surface area contributed by atoms with Gasteiger partial charge in [0.25, 0.3) is 5.91 Å². The smallest absolute Gasteiger partial charge is 0.322 e. The molecule has 1 amide bonds. The van der Waals surface area contributed by atoms with Crippen molar-refractivity contribution in [3.05, 3.63) is 63.0 Å². The second kappa shape index (κ2) is 6.41. The number of benzene rings is 2. The van der Waals surface area contributed by atoms with Gasteiger partial charge in [0.1, 0.15) is 0 Å². The minimum atomic E-state index is -0.321. The van der Waals surface area contributed by atoms with Crippen molar-refractivity contribution in [3.8, 4) is 11.5 Å². The molecule has 1 aromatic heterocycles. The first kappa shape index (κ1) is 14.9. The summed E-state index contributed by atoms with van der Waals surface area (Å²) in [6, 6.07) is 14.6. The fraction of sp³-hybridized carbons (Fsp3) is 0. The first-order chi connectivity index (χ1) is 10.6. The Bertz CT molecular complexity index is 816. The number of nitrogens with zero attached hydrogens (tertiary/aromatic N) is 2. The molecule has 0 saturated carbocycles. The summed E-state index contributed by atoms with van der Waals surface area (Å²) in [5, 5.41) is 10.3.